The summed E-state index contributed by atoms with van der Waals surface area (Å²) in [5.74, 6) is -0.522. The van der Waals surface area contributed by atoms with Crippen molar-refractivity contribution >= 4 is 29.7 Å². The molecule has 0 aromatic heterocycles. The molecule has 0 aliphatic heterocycles. The summed E-state index contributed by atoms with van der Waals surface area (Å²) in [6, 6.07) is 0. The lowest BCUT2D eigenvalue weighted by molar-refractivity contribution is -0.166. The van der Waals surface area contributed by atoms with Gasteiger partial charge in [-0.3, -0.25) is 19.2 Å². The van der Waals surface area contributed by atoms with Crippen LogP contribution in [0.1, 0.15) is 93.9 Å². The first-order valence-corrected chi connectivity index (χ1v) is 16.5. The summed E-state index contributed by atoms with van der Waals surface area (Å²) in [5, 5.41) is 5.94. The Labute approximate surface area is 263 Å². The lowest BCUT2D eigenvalue weighted by Gasteiger charge is -2.61. The minimum atomic E-state index is -1.01. The molecule has 11 atom stereocenters. The van der Waals surface area contributed by atoms with Gasteiger partial charge in [0.1, 0.15) is 6.10 Å². The number of nitrogens with zero attached hydrogens (tertiary/aromatic N) is 2. The van der Waals surface area contributed by atoms with Crippen molar-refractivity contribution in [1.29, 1.82) is 0 Å². The molecule has 11 unspecified atom stereocenters. The zero-order chi connectivity index (χ0) is 32.6. The van der Waals surface area contributed by atoms with E-state index >= 15 is 0 Å². The number of hydrazone groups is 1. The summed E-state index contributed by atoms with van der Waals surface area (Å²) in [4.78, 5) is 51.8. The third-order valence-electron chi connectivity index (χ3n) is 13.4. The number of carbonyl (C=O) groups excluding carboxylic acids is 4. The second kappa shape index (κ2) is 10.9. The molecule has 8 nitrogen and oxygen atoms in total. The van der Waals surface area contributed by atoms with Gasteiger partial charge in [0.15, 0.2) is 17.7 Å². The number of fused-ring (bicyclic) bond motifs is 2. The third-order valence-corrected chi connectivity index (χ3v) is 13.4. The van der Waals surface area contributed by atoms with Gasteiger partial charge in [0.05, 0.1) is 6.21 Å². The predicted octanol–water partition coefficient (Wildman–Crippen LogP) is 5.94. The van der Waals surface area contributed by atoms with Crippen molar-refractivity contribution in [3.05, 3.63) is 23.3 Å². The van der Waals surface area contributed by atoms with Crippen molar-refractivity contribution in [3.8, 4) is 0 Å². The molecular weight excluding hydrogens is 556 g/mol. The Hall–Kier alpha value is -2.77. The van der Waals surface area contributed by atoms with Crippen LogP contribution in [-0.2, 0) is 28.7 Å². The van der Waals surface area contributed by atoms with E-state index in [4.69, 9.17) is 9.47 Å². The third kappa shape index (κ3) is 4.63. The van der Waals surface area contributed by atoms with E-state index in [1.807, 2.05) is 34.0 Å². The number of rotatable bonds is 8. The Bertz CT molecular complexity index is 1350. The molecule has 0 heterocycles. The van der Waals surface area contributed by atoms with Crippen molar-refractivity contribution in [2.24, 2.45) is 56.4 Å². The molecule has 0 bridgehead atoms. The highest BCUT2D eigenvalue weighted by Crippen LogP contribution is 2.87. The largest absolute Gasteiger partial charge is 0.462 e. The van der Waals surface area contributed by atoms with Crippen LogP contribution in [0, 0.1) is 51.2 Å². The summed E-state index contributed by atoms with van der Waals surface area (Å²) in [6.45, 7) is 15.2. The fourth-order valence-electron chi connectivity index (χ4n) is 11.1. The molecule has 5 aliphatic rings. The molecule has 0 N–H and O–H groups in total. The Balaban J connectivity index is 1.54. The molecule has 0 radical (unpaired) electrons. The van der Waals surface area contributed by atoms with Gasteiger partial charge in [0.2, 0.25) is 0 Å². The maximum Gasteiger partial charge on any atom is 0.303 e. The number of esters is 2. The van der Waals surface area contributed by atoms with E-state index in [0.29, 0.717) is 29.4 Å². The molecule has 0 aromatic carbocycles. The highest BCUT2D eigenvalue weighted by Gasteiger charge is 2.81. The van der Waals surface area contributed by atoms with Gasteiger partial charge in [0.25, 0.3) is 0 Å². The number of carbonyl (C=O) groups is 4. The van der Waals surface area contributed by atoms with Crippen molar-refractivity contribution < 1.29 is 28.7 Å². The Kier molecular flexibility index (Phi) is 8.11. The molecular formula is C36H52N2O6. The minimum absolute atomic E-state index is 0.0598. The maximum atomic E-state index is 14.1. The van der Waals surface area contributed by atoms with Gasteiger partial charge >= 0.3 is 11.9 Å². The molecule has 4 fully saturated rings. The average molecular weight is 609 g/mol. The number of ether oxygens (including phenoxy) is 2. The number of allylic oxidation sites excluding steroid dienone is 3. The number of ketones is 2. The molecule has 44 heavy (non-hydrogen) atoms. The van der Waals surface area contributed by atoms with Crippen LogP contribution < -0.4 is 0 Å². The molecule has 5 rings (SSSR count). The van der Waals surface area contributed by atoms with Crippen molar-refractivity contribution in [1.82, 2.24) is 5.01 Å². The molecule has 5 aliphatic carbocycles. The van der Waals surface area contributed by atoms with Gasteiger partial charge in [0, 0.05) is 51.3 Å². The summed E-state index contributed by atoms with van der Waals surface area (Å²) < 4.78 is 12.0. The summed E-state index contributed by atoms with van der Waals surface area (Å²) in [5.41, 5.74) is 1.03. The van der Waals surface area contributed by atoms with Crippen LogP contribution in [0.15, 0.2) is 28.4 Å². The molecule has 8 heteroatoms. The molecule has 0 saturated heterocycles. The van der Waals surface area contributed by atoms with E-state index < -0.39 is 18.2 Å². The van der Waals surface area contributed by atoms with Crippen LogP contribution in [0.4, 0.5) is 0 Å². The Morgan fingerprint density at radius 3 is 2.34 bits per heavy atom. The highest BCUT2D eigenvalue weighted by atomic mass is 16.6. The van der Waals surface area contributed by atoms with E-state index in [1.54, 1.807) is 18.1 Å². The van der Waals surface area contributed by atoms with E-state index in [1.165, 1.54) is 13.8 Å². The van der Waals surface area contributed by atoms with E-state index in [2.05, 4.69) is 31.9 Å². The predicted molar refractivity (Wildman–Crippen MR) is 168 cm³/mol. The zero-order valence-corrected chi connectivity index (χ0v) is 28.4. The Morgan fingerprint density at radius 1 is 1.05 bits per heavy atom. The first-order valence-electron chi connectivity index (χ1n) is 16.5. The van der Waals surface area contributed by atoms with Crippen molar-refractivity contribution in [2.45, 2.75) is 106 Å². The first kappa shape index (κ1) is 32.6. The summed E-state index contributed by atoms with van der Waals surface area (Å²) >= 11 is 0. The highest BCUT2D eigenvalue weighted by molar-refractivity contribution is 6.04. The second-order valence-corrected chi connectivity index (χ2v) is 15.5. The van der Waals surface area contributed by atoms with Gasteiger partial charge in [-0.2, -0.15) is 5.10 Å². The van der Waals surface area contributed by atoms with Crippen LogP contribution in [-0.4, -0.2) is 61.0 Å². The van der Waals surface area contributed by atoms with Crippen LogP contribution in [0.25, 0.3) is 0 Å². The second-order valence-electron chi connectivity index (χ2n) is 15.5. The quantitative estimate of drug-likeness (QED) is 0.145. The van der Waals surface area contributed by atoms with Gasteiger partial charge in [-0.1, -0.05) is 33.8 Å². The molecule has 4 saturated carbocycles. The Morgan fingerprint density at radius 2 is 1.73 bits per heavy atom. The molecule has 0 amide bonds. The topological polar surface area (TPSA) is 102 Å². The van der Waals surface area contributed by atoms with Crippen LogP contribution >= 0.6 is 0 Å². The fraction of sp³-hybridized carbons (Fsp3) is 0.750. The van der Waals surface area contributed by atoms with Crippen LogP contribution in [0.2, 0.25) is 0 Å². The van der Waals surface area contributed by atoms with Gasteiger partial charge < -0.3 is 14.5 Å². The summed E-state index contributed by atoms with van der Waals surface area (Å²) in [6.07, 6.45) is 10.3. The van der Waals surface area contributed by atoms with E-state index in [9.17, 15) is 19.2 Å². The van der Waals surface area contributed by atoms with E-state index in [-0.39, 0.29) is 56.9 Å². The lowest BCUT2D eigenvalue weighted by Crippen LogP contribution is -2.56. The molecule has 0 aromatic rings. The van der Waals surface area contributed by atoms with Gasteiger partial charge in [-0.25, -0.2) is 0 Å². The van der Waals surface area contributed by atoms with E-state index in [0.717, 1.165) is 32.1 Å². The average Bonchev–Trinajstić information content (AvgIpc) is 3.55. The van der Waals surface area contributed by atoms with Crippen LogP contribution in [0.5, 0.6) is 0 Å². The smallest absolute Gasteiger partial charge is 0.303 e. The monoisotopic (exact) mass is 608 g/mol. The number of hydrogen-bond donors (Lipinski definition) is 0. The standard InChI is InChI=1S/C36H52N2O6/c1-20(18-37-38(9)10)21(2)31(42)32(44-25(6)40)23(4)30-28(43-24(5)39)17-34(8)29-12-11-26-22(3)27(41)13-14-35(26)19-36(29,35)16-15-33(30,34)7/h13-14,18,22-23,26,28-30,32H,11-12,15-17,19H2,1-10H3. The number of hydrogen-bond acceptors (Lipinski definition) is 8. The first-order chi connectivity index (χ1) is 20.5. The SMILES string of the molecule is CC(=O)OC1CC2(C)C3CCC4C(C)C(=O)C=CC45CC35CCC2(C)C1C(C)C(OC(C)=O)C(=O)C(C)=C(C)C=NN(C)C. The van der Waals surface area contributed by atoms with Gasteiger partial charge in [-0.05, 0) is 97.5 Å². The fourth-order valence-corrected chi connectivity index (χ4v) is 11.1. The summed E-state index contributed by atoms with van der Waals surface area (Å²) in [7, 11) is 3.62. The van der Waals surface area contributed by atoms with Crippen molar-refractivity contribution in [3.63, 3.8) is 0 Å². The zero-order valence-electron chi connectivity index (χ0n) is 28.4. The van der Waals surface area contributed by atoms with Crippen molar-refractivity contribution in [2.75, 3.05) is 14.1 Å². The minimum Gasteiger partial charge on any atom is -0.462 e. The normalized spacial score (nSPS) is 42.2. The van der Waals surface area contributed by atoms with Gasteiger partial charge in [-0.15, -0.1) is 0 Å². The molecule has 242 valence electrons. The lowest BCUT2D eigenvalue weighted by atomic mass is 9.43. The molecule has 2 spiro atoms. The maximum absolute atomic E-state index is 14.1. The number of Topliss-reactive ketones (excluding diaryl/α,β-unsaturated/α-hetero) is 1. The van der Waals surface area contributed by atoms with Crippen LogP contribution in [0.3, 0.4) is 0 Å².